The van der Waals surface area contributed by atoms with Gasteiger partial charge in [0.05, 0.1) is 0 Å². The van der Waals surface area contributed by atoms with E-state index in [0.29, 0.717) is 30.0 Å². The van der Waals surface area contributed by atoms with E-state index in [1.165, 1.54) is 0 Å². The van der Waals surface area contributed by atoms with Gasteiger partial charge in [0.2, 0.25) is 0 Å². The molecule has 4 heteroatoms. The molecule has 1 aromatic rings. The lowest BCUT2D eigenvalue weighted by Crippen LogP contribution is -2.25. The third kappa shape index (κ3) is 4.31. The molecule has 0 amide bonds. The van der Waals surface area contributed by atoms with E-state index in [0.717, 1.165) is 0 Å². The van der Waals surface area contributed by atoms with Gasteiger partial charge in [-0.2, -0.15) is 0 Å². The molecule has 1 atom stereocenters. The fourth-order valence-electron chi connectivity index (χ4n) is 1.39. The van der Waals surface area contributed by atoms with Crippen LogP contribution < -0.4 is 5.73 Å². The Kier molecular flexibility index (Phi) is 5.46. The third-order valence-electron chi connectivity index (χ3n) is 2.29. The van der Waals surface area contributed by atoms with Gasteiger partial charge in [0.25, 0.3) is 0 Å². The standard InChI is InChI=1S/C12H16ClNO2/c1-16-6-5-11(14)8-12(15)9-3-2-4-10(13)7-9/h2-4,7,11H,5-6,8,14H2,1H3. The summed E-state index contributed by atoms with van der Waals surface area (Å²) in [6.45, 7) is 0.573. The molecule has 0 saturated carbocycles. The lowest BCUT2D eigenvalue weighted by atomic mass is 10.0. The molecule has 0 radical (unpaired) electrons. The molecule has 0 aliphatic heterocycles. The summed E-state index contributed by atoms with van der Waals surface area (Å²) in [5.74, 6) is 0.0195. The molecule has 2 N–H and O–H groups in total. The maximum Gasteiger partial charge on any atom is 0.164 e. The lowest BCUT2D eigenvalue weighted by molar-refractivity contribution is 0.0967. The van der Waals surface area contributed by atoms with Crippen molar-refractivity contribution in [2.75, 3.05) is 13.7 Å². The fraction of sp³-hybridized carbons (Fsp3) is 0.417. The number of methoxy groups -OCH3 is 1. The van der Waals surface area contributed by atoms with Crippen molar-refractivity contribution < 1.29 is 9.53 Å². The first kappa shape index (κ1) is 13.2. The minimum absolute atomic E-state index is 0.0195. The van der Waals surface area contributed by atoms with Crippen molar-refractivity contribution in [1.29, 1.82) is 0 Å². The number of hydrogen-bond acceptors (Lipinski definition) is 3. The van der Waals surface area contributed by atoms with Crippen molar-refractivity contribution >= 4 is 17.4 Å². The zero-order valence-electron chi connectivity index (χ0n) is 9.28. The zero-order chi connectivity index (χ0) is 12.0. The van der Waals surface area contributed by atoms with Crippen LogP contribution in [-0.2, 0) is 4.74 Å². The number of benzene rings is 1. The first-order valence-corrected chi connectivity index (χ1v) is 5.54. The highest BCUT2D eigenvalue weighted by Crippen LogP contribution is 2.13. The number of carbonyl (C=O) groups excluding carboxylic acids is 1. The van der Waals surface area contributed by atoms with Gasteiger partial charge in [0.1, 0.15) is 0 Å². The molecule has 3 nitrogen and oxygen atoms in total. The molecule has 88 valence electrons. The molecule has 0 aliphatic rings. The summed E-state index contributed by atoms with van der Waals surface area (Å²) in [4.78, 5) is 11.8. The van der Waals surface area contributed by atoms with Crippen LogP contribution in [-0.4, -0.2) is 25.5 Å². The molecular weight excluding hydrogens is 226 g/mol. The average Bonchev–Trinajstić information content (AvgIpc) is 2.26. The Morgan fingerprint density at radius 1 is 1.56 bits per heavy atom. The highest BCUT2D eigenvalue weighted by molar-refractivity contribution is 6.31. The summed E-state index contributed by atoms with van der Waals surface area (Å²) < 4.78 is 4.91. The van der Waals surface area contributed by atoms with Crippen molar-refractivity contribution in [3.63, 3.8) is 0 Å². The Labute approximate surface area is 101 Å². The van der Waals surface area contributed by atoms with Crippen molar-refractivity contribution in [2.24, 2.45) is 5.73 Å². The van der Waals surface area contributed by atoms with Crippen LogP contribution in [0.1, 0.15) is 23.2 Å². The quantitative estimate of drug-likeness (QED) is 0.778. The predicted molar refractivity (Wildman–Crippen MR) is 64.9 cm³/mol. The third-order valence-corrected chi connectivity index (χ3v) is 2.52. The summed E-state index contributed by atoms with van der Waals surface area (Å²) >= 11 is 5.81. The highest BCUT2D eigenvalue weighted by Gasteiger charge is 2.11. The van der Waals surface area contributed by atoms with Gasteiger partial charge in [-0.1, -0.05) is 23.7 Å². The minimum Gasteiger partial charge on any atom is -0.385 e. The number of Topliss-reactive ketones (excluding diaryl/α,β-unsaturated/α-hetero) is 1. The van der Waals surface area contributed by atoms with Gasteiger partial charge in [-0.25, -0.2) is 0 Å². The van der Waals surface area contributed by atoms with Crippen LogP contribution in [0.5, 0.6) is 0 Å². The van der Waals surface area contributed by atoms with Crippen LogP contribution in [0.15, 0.2) is 24.3 Å². The van der Waals surface area contributed by atoms with Crippen LogP contribution in [0, 0.1) is 0 Å². The van der Waals surface area contributed by atoms with Gasteiger partial charge in [-0.15, -0.1) is 0 Å². The van der Waals surface area contributed by atoms with E-state index in [2.05, 4.69) is 0 Å². The summed E-state index contributed by atoms with van der Waals surface area (Å²) in [6, 6.07) is 6.75. The van der Waals surface area contributed by atoms with E-state index in [1.54, 1.807) is 31.4 Å². The second-order valence-corrected chi connectivity index (χ2v) is 4.12. The topological polar surface area (TPSA) is 52.3 Å². The van der Waals surface area contributed by atoms with E-state index in [-0.39, 0.29) is 11.8 Å². The molecule has 0 bridgehead atoms. The zero-order valence-corrected chi connectivity index (χ0v) is 10.0. The van der Waals surface area contributed by atoms with Crippen molar-refractivity contribution in [2.45, 2.75) is 18.9 Å². The largest absolute Gasteiger partial charge is 0.385 e. The number of halogens is 1. The van der Waals surface area contributed by atoms with E-state index in [9.17, 15) is 4.79 Å². The summed E-state index contributed by atoms with van der Waals surface area (Å²) in [5, 5.41) is 0.566. The Bertz CT molecular complexity index is 355. The first-order chi connectivity index (χ1) is 7.63. The predicted octanol–water partition coefficient (Wildman–Crippen LogP) is 2.28. The maximum atomic E-state index is 11.8. The van der Waals surface area contributed by atoms with Gasteiger partial charge in [0, 0.05) is 36.8 Å². The van der Waals surface area contributed by atoms with Crippen LogP contribution in [0.4, 0.5) is 0 Å². The molecule has 0 aliphatic carbocycles. The molecule has 0 fully saturated rings. The molecule has 16 heavy (non-hydrogen) atoms. The average molecular weight is 242 g/mol. The normalized spacial score (nSPS) is 12.4. The van der Waals surface area contributed by atoms with Crippen LogP contribution in [0.3, 0.4) is 0 Å². The second-order valence-electron chi connectivity index (χ2n) is 3.68. The molecule has 1 rings (SSSR count). The Morgan fingerprint density at radius 3 is 2.94 bits per heavy atom. The number of rotatable bonds is 6. The molecule has 1 aromatic carbocycles. The molecule has 1 unspecified atom stereocenters. The first-order valence-electron chi connectivity index (χ1n) is 5.16. The Balaban J connectivity index is 2.52. The van der Waals surface area contributed by atoms with E-state index < -0.39 is 0 Å². The maximum absolute atomic E-state index is 11.8. The monoisotopic (exact) mass is 241 g/mol. The Morgan fingerprint density at radius 2 is 2.31 bits per heavy atom. The van der Waals surface area contributed by atoms with E-state index >= 15 is 0 Å². The van der Waals surface area contributed by atoms with Gasteiger partial charge in [0.15, 0.2) is 5.78 Å². The number of ketones is 1. The summed E-state index contributed by atoms with van der Waals surface area (Å²) in [7, 11) is 1.62. The summed E-state index contributed by atoms with van der Waals surface area (Å²) in [5.41, 5.74) is 6.41. The van der Waals surface area contributed by atoms with Crippen LogP contribution in [0.25, 0.3) is 0 Å². The van der Waals surface area contributed by atoms with E-state index in [4.69, 9.17) is 22.1 Å². The number of carbonyl (C=O) groups is 1. The molecule has 0 saturated heterocycles. The van der Waals surface area contributed by atoms with Gasteiger partial charge >= 0.3 is 0 Å². The van der Waals surface area contributed by atoms with Gasteiger partial charge in [-0.3, -0.25) is 4.79 Å². The minimum atomic E-state index is -0.161. The second kappa shape index (κ2) is 6.63. The van der Waals surface area contributed by atoms with Crippen LogP contribution in [0.2, 0.25) is 5.02 Å². The fourth-order valence-corrected chi connectivity index (χ4v) is 1.58. The number of ether oxygens (including phenoxy) is 1. The number of nitrogens with two attached hydrogens (primary N) is 1. The van der Waals surface area contributed by atoms with Crippen LogP contribution >= 0.6 is 11.6 Å². The van der Waals surface area contributed by atoms with Crippen molar-refractivity contribution in [3.05, 3.63) is 34.9 Å². The Hall–Kier alpha value is -0.900. The van der Waals surface area contributed by atoms with Crippen molar-refractivity contribution in [3.8, 4) is 0 Å². The molecule has 0 aromatic heterocycles. The highest BCUT2D eigenvalue weighted by atomic mass is 35.5. The van der Waals surface area contributed by atoms with Gasteiger partial charge in [-0.05, 0) is 18.6 Å². The summed E-state index contributed by atoms with van der Waals surface area (Å²) in [6.07, 6.45) is 1.01. The molecule has 0 heterocycles. The van der Waals surface area contributed by atoms with E-state index in [1.807, 2.05) is 0 Å². The van der Waals surface area contributed by atoms with Gasteiger partial charge < -0.3 is 10.5 Å². The van der Waals surface area contributed by atoms with Crippen molar-refractivity contribution in [1.82, 2.24) is 0 Å². The smallest absolute Gasteiger partial charge is 0.164 e. The molecular formula is C12H16ClNO2. The number of hydrogen-bond donors (Lipinski definition) is 1. The SMILES string of the molecule is COCCC(N)CC(=O)c1cccc(Cl)c1. The molecule has 0 spiro atoms. The lowest BCUT2D eigenvalue weighted by Gasteiger charge is -2.09.